The van der Waals surface area contributed by atoms with Crippen molar-refractivity contribution in [2.45, 2.75) is 6.18 Å². The van der Waals surface area contributed by atoms with E-state index in [1.807, 2.05) is 0 Å². The van der Waals surface area contributed by atoms with Crippen LogP contribution in [0.25, 0.3) is 0 Å². The smallest absolute Gasteiger partial charge is 0.397 e. The highest BCUT2D eigenvalue weighted by Crippen LogP contribution is 2.36. The van der Waals surface area contributed by atoms with Crippen molar-refractivity contribution in [1.29, 1.82) is 0 Å². The van der Waals surface area contributed by atoms with Gasteiger partial charge in [0.2, 0.25) is 0 Å². The number of nitrogens with one attached hydrogen (secondary N) is 1. The molecular formula is C11H7BrF3N3OS. The largest absolute Gasteiger partial charge is 0.443 e. The summed E-state index contributed by atoms with van der Waals surface area (Å²) in [4.78, 5) is 15.2. The zero-order chi connectivity index (χ0) is 14.9. The number of carbonyl (C=O) groups excluding carboxylic acids is 1. The molecule has 0 bridgehead atoms. The lowest BCUT2D eigenvalue weighted by molar-refractivity contribution is -0.137. The zero-order valence-corrected chi connectivity index (χ0v) is 12.1. The van der Waals surface area contributed by atoms with Crippen LogP contribution in [0.4, 0.5) is 24.5 Å². The Bertz CT molecular complexity index is 657. The minimum Gasteiger partial charge on any atom is -0.397 e. The molecule has 0 fully saturated rings. The zero-order valence-electron chi connectivity index (χ0n) is 9.66. The Morgan fingerprint density at radius 2 is 2.00 bits per heavy atom. The number of aromatic nitrogens is 1. The van der Waals surface area contributed by atoms with Crippen LogP contribution < -0.4 is 11.1 Å². The van der Waals surface area contributed by atoms with Gasteiger partial charge in [-0.2, -0.15) is 13.2 Å². The van der Waals surface area contributed by atoms with Gasteiger partial charge in [0.05, 0.1) is 11.4 Å². The Kier molecular flexibility index (Phi) is 4.00. The highest BCUT2D eigenvalue weighted by atomic mass is 79.9. The Hall–Kier alpha value is -1.61. The first-order valence-electron chi connectivity index (χ1n) is 5.18. The lowest BCUT2D eigenvalue weighted by Crippen LogP contribution is -2.15. The number of anilines is 2. The summed E-state index contributed by atoms with van der Waals surface area (Å²) < 4.78 is 37.5. The molecule has 3 N–H and O–H groups in total. The summed E-state index contributed by atoms with van der Waals surface area (Å²) in [5.74, 6) is -0.762. The SMILES string of the molecule is Nc1ccccc1NC(=O)c1nc(C(F)(F)F)sc1Br. The number of nitrogens with zero attached hydrogens (tertiary/aromatic N) is 1. The molecule has 1 heterocycles. The third kappa shape index (κ3) is 3.10. The molecule has 0 aliphatic rings. The summed E-state index contributed by atoms with van der Waals surface area (Å²) >= 11 is 3.26. The van der Waals surface area contributed by atoms with Crippen LogP contribution in [0.1, 0.15) is 15.5 Å². The van der Waals surface area contributed by atoms with E-state index >= 15 is 0 Å². The maximum absolute atomic E-state index is 12.5. The van der Waals surface area contributed by atoms with Gasteiger partial charge in [0.25, 0.3) is 5.91 Å². The number of thiazole rings is 1. The fraction of sp³-hybridized carbons (Fsp3) is 0.0909. The van der Waals surface area contributed by atoms with Gasteiger partial charge in [-0.1, -0.05) is 12.1 Å². The van der Waals surface area contributed by atoms with Crippen LogP contribution in [0.5, 0.6) is 0 Å². The molecule has 0 unspecified atom stereocenters. The lowest BCUT2D eigenvalue weighted by atomic mass is 10.2. The van der Waals surface area contributed by atoms with Crippen LogP contribution in [0.15, 0.2) is 28.1 Å². The van der Waals surface area contributed by atoms with Gasteiger partial charge < -0.3 is 11.1 Å². The van der Waals surface area contributed by atoms with Crippen molar-refractivity contribution in [1.82, 2.24) is 4.98 Å². The second kappa shape index (κ2) is 5.41. The van der Waals surface area contributed by atoms with E-state index in [-0.39, 0.29) is 9.48 Å². The quantitative estimate of drug-likeness (QED) is 0.796. The van der Waals surface area contributed by atoms with E-state index in [2.05, 4.69) is 26.2 Å². The maximum Gasteiger partial charge on any atom is 0.443 e. The normalized spacial score (nSPS) is 11.4. The van der Waals surface area contributed by atoms with Crippen molar-refractivity contribution < 1.29 is 18.0 Å². The van der Waals surface area contributed by atoms with Crippen LogP contribution >= 0.6 is 27.3 Å². The van der Waals surface area contributed by atoms with Crippen LogP contribution in [-0.4, -0.2) is 10.9 Å². The van der Waals surface area contributed by atoms with Crippen molar-refractivity contribution in [3.63, 3.8) is 0 Å². The fourth-order valence-electron chi connectivity index (χ4n) is 1.36. The van der Waals surface area contributed by atoms with Gasteiger partial charge in [-0.05, 0) is 28.1 Å². The highest BCUT2D eigenvalue weighted by Gasteiger charge is 2.36. The third-order valence-corrected chi connectivity index (χ3v) is 4.00. The molecule has 9 heteroatoms. The molecule has 1 aromatic heterocycles. The average molecular weight is 366 g/mol. The number of halogens is 4. The molecule has 0 aliphatic heterocycles. The lowest BCUT2D eigenvalue weighted by Gasteiger charge is -2.06. The predicted octanol–water partition coefficient (Wildman–Crippen LogP) is 3.76. The van der Waals surface area contributed by atoms with Gasteiger partial charge in [-0.3, -0.25) is 4.79 Å². The van der Waals surface area contributed by atoms with Gasteiger partial charge in [-0.15, -0.1) is 11.3 Å². The molecule has 1 aromatic carbocycles. The van der Waals surface area contributed by atoms with Gasteiger partial charge in [0, 0.05) is 0 Å². The number of alkyl halides is 3. The molecule has 20 heavy (non-hydrogen) atoms. The fourth-order valence-corrected chi connectivity index (χ4v) is 2.74. The molecule has 2 aromatic rings. The number of rotatable bonds is 2. The van der Waals surface area contributed by atoms with Crippen LogP contribution in [0, 0.1) is 0 Å². The highest BCUT2D eigenvalue weighted by molar-refractivity contribution is 9.11. The van der Waals surface area contributed by atoms with E-state index in [1.54, 1.807) is 18.2 Å². The second-order valence-corrected chi connectivity index (χ2v) is 6.00. The predicted molar refractivity (Wildman–Crippen MR) is 73.6 cm³/mol. The number of nitrogen functional groups attached to an aromatic ring is 1. The number of carbonyl (C=O) groups is 1. The number of benzene rings is 1. The van der Waals surface area contributed by atoms with E-state index in [9.17, 15) is 18.0 Å². The van der Waals surface area contributed by atoms with Gasteiger partial charge in [-0.25, -0.2) is 4.98 Å². The van der Waals surface area contributed by atoms with Crippen molar-refractivity contribution in [2.75, 3.05) is 11.1 Å². The van der Waals surface area contributed by atoms with E-state index in [0.717, 1.165) is 0 Å². The maximum atomic E-state index is 12.5. The standard InChI is InChI=1S/C11H7BrF3N3OS/c12-8-7(18-10(20-8)11(13,14)15)9(19)17-6-4-2-1-3-5(6)16/h1-4H,16H2,(H,17,19). The Balaban J connectivity index is 2.27. The first-order valence-corrected chi connectivity index (χ1v) is 6.79. The minimum atomic E-state index is -4.59. The van der Waals surface area contributed by atoms with Crippen LogP contribution in [-0.2, 0) is 6.18 Å². The molecule has 2 rings (SSSR count). The number of para-hydroxylation sites is 2. The van der Waals surface area contributed by atoms with Crippen molar-refractivity contribution in [3.05, 3.63) is 38.8 Å². The van der Waals surface area contributed by atoms with E-state index in [1.165, 1.54) is 6.07 Å². The summed E-state index contributed by atoms with van der Waals surface area (Å²) in [6.45, 7) is 0. The Labute approximate surface area is 123 Å². The monoisotopic (exact) mass is 365 g/mol. The molecule has 0 spiro atoms. The molecule has 0 atom stereocenters. The molecule has 0 saturated heterocycles. The second-order valence-electron chi connectivity index (χ2n) is 3.68. The number of hydrogen-bond donors (Lipinski definition) is 2. The van der Waals surface area contributed by atoms with Gasteiger partial charge in [0.15, 0.2) is 10.7 Å². The summed E-state index contributed by atoms with van der Waals surface area (Å²) in [5.41, 5.74) is 5.93. The molecule has 106 valence electrons. The molecule has 4 nitrogen and oxygen atoms in total. The van der Waals surface area contributed by atoms with Crippen molar-refractivity contribution in [3.8, 4) is 0 Å². The minimum absolute atomic E-state index is 0.0110. The number of nitrogens with two attached hydrogens (primary N) is 1. The van der Waals surface area contributed by atoms with E-state index in [4.69, 9.17) is 5.73 Å². The van der Waals surface area contributed by atoms with Gasteiger partial charge >= 0.3 is 6.18 Å². The molecule has 0 saturated carbocycles. The van der Waals surface area contributed by atoms with E-state index in [0.29, 0.717) is 22.7 Å². The Morgan fingerprint density at radius 1 is 1.35 bits per heavy atom. The Morgan fingerprint density at radius 3 is 2.55 bits per heavy atom. The molecule has 0 aliphatic carbocycles. The summed E-state index contributed by atoms with van der Waals surface area (Å²) in [5, 5.41) is 1.33. The molecule has 1 amide bonds. The summed E-state index contributed by atoms with van der Waals surface area (Å²) in [7, 11) is 0. The van der Waals surface area contributed by atoms with Gasteiger partial charge in [0.1, 0.15) is 3.79 Å². The van der Waals surface area contributed by atoms with Crippen molar-refractivity contribution >= 4 is 44.5 Å². The number of hydrogen-bond acceptors (Lipinski definition) is 4. The van der Waals surface area contributed by atoms with Crippen LogP contribution in [0.2, 0.25) is 0 Å². The molecule has 0 radical (unpaired) electrons. The first kappa shape index (κ1) is 14.8. The summed E-state index contributed by atoms with van der Waals surface area (Å²) in [6.07, 6.45) is -4.59. The first-order chi connectivity index (χ1) is 9.29. The third-order valence-electron chi connectivity index (χ3n) is 2.25. The average Bonchev–Trinajstić information content (AvgIpc) is 2.74. The van der Waals surface area contributed by atoms with E-state index < -0.39 is 17.1 Å². The summed E-state index contributed by atoms with van der Waals surface area (Å²) in [6, 6.07) is 6.42. The van der Waals surface area contributed by atoms with Crippen LogP contribution in [0.3, 0.4) is 0 Å². The molecular weight excluding hydrogens is 359 g/mol. The number of amides is 1. The topological polar surface area (TPSA) is 68.0 Å². The van der Waals surface area contributed by atoms with Crippen molar-refractivity contribution in [2.24, 2.45) is 0 Å².